The smallest absolute Gasteiger partial charge is 0.243 e. The van der Waals surface area contributed by atoms with Gasteiger partial charge in [0.25, 0.3) is 0 Å². The Balaban J connectivity index is 1.58. The van der Waals surface area contributed by atoms with Gasteiger partial charge in [-0.05, 0) is 17.7 Å². The lowest BCUT2D eigenvalue weighted by molar-refractivity contribution is 0.0921. The van der Waals surface area contributed by atoms with Crippen LogP contribution >= 0.6 is 0 Å². The van der Waals surface area contributed by atoms with Crippen LogP contribution in [0.1, 0.15) is 11.7 Å². The summed E-state index contributed by atoms with van der Waals surface area (Å²) in [4.78, 5) is 2.44. The van der Waals surface area contributed by atoms with E-state index in [1.54, 1.807) is 24.3 Å². The molecular weight excluding hydrogens is 324 g/mol. The number of aliphatic hydroxyl groups is 1. The molecule has 0 saturated carbocycles. The van der Waals surface area contributed by atoms with E-state index in [4.69, 9.17) is 0 Å². The summed E-state index contributed by atoms with van der Waals surface area (Å²) in [5.74, 6) is 0. The highest BCUT2D eigenvalue weighted by molar-refractivity contribution is 7.89. The zero-order valence-corrected chi connectivity index (χ0v) is 14.3. The zero-order chi connectivity index (χ0) is 17.0. The number of benzene rings is 2. The van der Waals surface area contributed by atoms with Gasteiger partial charge in [-0.1, -0.05) is 48.5 Å². The van der Waals surface area contributed by atoms with Crippen molar-refractivity contribution < 1.29 is 13.5 Å². The predicted molar refractivity (Wildman–Crippen MR) is 93.0 cm³/mol. The monoisotopic (exact) mass is 346 g/mol. The summed E-state index contributed by atoms with van der Waals surface area (Å²) >= 11 is 0. The Bertz CT molecular complexity index is 742. The molecule has 0 bridgehead atoms. The van der Waals surface area contributed by atoms with Gasteiger partial charge in [-0.25, -0.2) is 8.42 Å². The van der Waals surface area contributed by atoms with E-state index >= 15 is 0 Å². The van der Waals surface area contributed by atoms with Crippen LogP contribution in [-0.2, 0) is 10.0 Å². The first kappa shape index (κ1) is 17.1. The summed E-state index contributed by atoms with van der Waals surface area (Å²) in [5, 5.41) is 10.3. The molecule has 0 aliphatic carbocycles. The topological polar surface area (TPSA) is 60.9 Å². The number of piperazine rings is 1. The minimum Gasteiger partial charge on any atom is -0.387 e. The summed E-state index contributed by atoms with van der Waals surface area (Å²) in [6.07, 6.45) is -0.552. The number of nitrogens with zero attached hydrogens (tertiary/aromatic N) is 2. The molecule has 1 saturated heterocycles. The highest BCUT2D eigenvalue weighted by atomic mass is 32.2. The Morgan fingerprint density at radius 2 is 1.42 bits per heavy atom. The van der Waals surface area contributed by atoms with Crippen molar-refractivity contribution >= 4 is 10.0 Å². The lowest BCUT2D eigenvalue weighted by Gasteiger charge is -2.35. The van der Waals surface area contributed by atoms with E-state index in [1.165, 1.54) is 4.31 Å². The van der Waals surface area contributed by atoms with Crippen LogP contribution in [0.25, 0.3) is 0 Å². The van der Waals surface area contributed by atoms with Crippen LogP contribution in [0.15, 0.2) is 65.6 Å². The molecule has 5 nitrogen and oxygen atoms in total. The highest BCUT2D eigenvalue weighted by Gasteiger charge is 2.28. The maximum absolute atomic E-state index is 12.6. The number of β-amino-alcohol motifs (C(OH)–C–C–N with tert-alkyl or cyclic N) is 1. The van der Waals surface area contributed by atoms with Crippen molar-refractivity contribution in [2.45, 2.75) is 11.0 Å². The average molecular weight is 346 g/mol. The van der Waals surface area contributed by atoms with Crippen molar-refractivity contribution in [2.75, 3.05) is 32.7 Å². The highest BCUT2D eigenvalue weighted by Crippen LogP contribution is 2.19. The summed E-state index contributed by atoms with van der Waals surface area (Å²) in [7, 11) is -3.42. The molecule has 0 amide bonds. The molecule has 0 aromatic heterocycles. The summed E-state index contributed by atoms with van der Waals surface area (Å²) < 4.78 is 26.7. The summed E-state index contributed by atoms with van der Waals surface area (Å²) in [6, 6.07) is 18.1. The van der Waals surface area contributed by atoms with Crippen molar-refractivity contribution in [3.63, 3.8) is 0 Å². The van der Waals surface area contributed by atoms with E-state index in [0.29, 0.717) is 37.6 Å². The first-order chi connectivity index (χ1) is 11.6. The van der Waals surface area contributed by atoms with Crippen LogP contribution in [-0.4, -0.2) is 55.5 Å². The number of hydrogen-bond donors (Lipinski definition) is 1. The second-order valence-electron chi connectivity index (χ2n) is 5.94. The molecule has 1 aliphatic rings. The molecule has 1 aliphatic heterocycles. The van der Waals surface area contributed by atoms with Gasteiger partial charge in [-0.3, -0.25) is 4.90 Å². The molecule has 6 heteroatoms. The molecule has 128 valence electrons. The second-order valence-corrected chi connectivity index (χ2v) is 7.88. The molecule has 0 spiro atoms. The number of rotatable bonds is 5. The van der Waals surface area contributed by atoms with Gasteiger partial charge in [0.15, 0.2) is 0 Å². The van der Waals surface area contributed by atoms with Gasteiger partial charge >= 0.3 is 0 Å². The van der Waals surface area contributed by atoms with Gasteiger partial charge in [0.05, 0.1) is 11.0 Å². The third-order valence-corrected chi connectivity index (χ3v) is 6.24. The van der Waals surface area contributed by atoms with Crippen LogP contribution in [0.2, 0.25) is 0 Å². The Morgan fingerprint density at radius 1 is 0.875 bits per heavy atom. The molecule has 2 aromatic carbocycles. The maximum atomic E-state index is 12.6. The normalized spacial score (nSPS) is 18.4. The first-order valence-corrected chi connectivity index (χ1v) is 9.52. The Hall–Kier alpha value is -1.73. The molecule has 2 aromatic rings. The molecule has 1 fully saturated rings. The number of hydrogen-bond acceptors (Lipinski definition) is 4. The van der Waals surface area contributed by atoms with Crippen molar-refractivity contribution in [3.8, 4) is 0 Å². The lowest BCUT2D eigenvalue weighted by atomic mass is 10.1. The van der Waals surface area contributed by atoms with Crippen LogP contribution < -0.4 is 0 Å². The molecular formula is C18H22N2O3S. The number of aliphatic hydroxyl groups excluding tert-OH is 1. The SMILES string of the molecule is O=S(=O)(c1ccccc1)N1CCN(C[C@H](O)c2ccccc2)CC1. The van der Waals surface area contributed by atoms with Gasteiger partial charge in [0, 0.05) is 32.7 Å². The predicted octanol–water partition coefficient (Wildman–Crippen LogP) is 1.73. The van der Waals surface area contributed by atoms with Crippen molar-refractivity contribution in [1.82, 2.24) is 9.21 Å². The quantitative estimate of drug-likeness (QED) is 0.896. The minimum absolute atomic E-state index is 0.336. The summed E-state index contributed by atoms with van der Waals surface area (Å²) in [5.41, 5.74) is 0.886. The fraction of sp³-hybridized carbons (Fsp3) is 0.333. The molecule has 0 radical (unpaired) electrons. The van der Waals surface area contributed by atoms with Crippen molar-refractivity contribution in [1.29, 1.82) is 0 Å². The van der Waals surface area contributed by atoms with Gasteiger partial charge < -0.3 is 5.11 Å². The molecule has 1 heterocycles. The lowest BCUT2D eigenvalue weighted by Crippen LogP contribution is -2.49. The van der Waals surface area contributed by atoms with Gasteiger partial charge in [0.1, 0.15) is 0 Å². The molecule has 1 N–H and O–H groups in total. The fourth-order valence-electron chi connectivity index (χ4n) is 2.92. The van der Waals surface area contributed by atoms with Crippen LogP contribution in [0, 0.1) is 0 Å². The molecule has 0 unspecified atom stereocenters. The van der Waals surface area contributed by atoms with Crippen LogP contribution in [0.3, 0.4) is 0 Å². The molecule has 24 heavy (non-hydrogen) atoms. The third kappa shape index (κ3) is 3.84. The standard InChI is InChI=1S/C18H22N2O3S/c21-18(16-7-3-1-4-8-16)15-19-11-13-20(14-12-19)24(22,23)17-9-5-2-6-10-17/h1-10,18,21H,11-15H2/t18-/m0/s1. The van der Waals surface area contributed by atoms with Crippen LogP contribution in [0.5, 0.6) is 0 Å². The Morgan fingerprint density at radius 3 is 2.00 bits per heavy atom. The van der Waals surface area contributed by atoms with Crippen molar-refractivity contribution in [3.05, 3.63) is 66.2 Å². The second kappa shape index (κ2) is 7.44. The average Bonchev–Trinajstić information content (AvgIpc) is 2.63. The van der Waals surface area contributed by atoms with E-state index in [1.807, 2.05) is 36.4 Å². The fourth-order valence-corrected chi connectivity index (χ4v) is 4.36. The van der Waals surface area contributed by atoms with E-state index in [-0.39, 0.29) is 0 Å². The van der Waals surface area contributed by atoms with Crippen molar-refractivity contribution in [2.24, 2.45) is 0 Å². The van der Waals surface area contributed by atoms with Gasteiger partial charge in [-0.15, -0.1) is 0 Å². The van der Waals surface area contributed by atoms with E-state index < -0.39 is 16.1 Å². The van der Waals surface area contributed by atoms with Gasteiger partial charge in [-0.2, -0.15) is 4.31 Å². The molecule has 3 rings (SSSR count). The Labute approximate surface area is 143 Å². The summed E-state index contributed by atoms with van der Waals surface area (Å²) in [6.45, 7) is 2.65. The minimum atomic E-state index is -3.42. The van der Waals surface area contributed by atoms with E-state index in [0.717, 1.165) is 5.56 Å². The van der Waals surface area contributed by atoms with E-state index in [9.17, 15) is 13.5 Å². The first-order valence-electron chi connectivity index (χ1n) is 8.08. The third-order valence-electron chi connectivity index (χ3n) is 4.33. The molecule has 1 atom stereocenters. The van der Waals surface area contributed by atoms with Gasteiger partial charge in [0.2, 0.25) is 10.0 Å². The maximum Gasteiger partial charge on any atom is 0.243 e. The number of sulfonamides is 1. The largest absolute Gasteiger partial charge is 0.387 e. The van der Waals surface area contributed by atoms with Crippen LogP contribution in [0.4, 0.5) is 0 Å². The zero-order valence-electron chi connectivity index (χ0n) is 13.5. The Kier molecular flexibility index (Phi) is 5.30. The van der Waals surface area contributed by atoms with E-state index in [2.05, 4.69) is 4.90 Å².